The van der Waals surface area contributed by atoms with Gasteiger partial charge in [0.25, 0.3) is 0 Å². The quantitative estimate of drug-likeness (QED) is 0.562. The highest BCUT2D eigenvalue weighted by Gasteiger charge is 2.29. The number of carbonyl (C=O) groups is 1. The van der Waals surface area contributed by atoms with Gasteiger partial charge in [0, 0.05) is 6.16 Å². The molecule has 0 saturated carbocycles. The number of carboxylic acids is 1. The van der Waals surface area contributed by atoms with E-state index in [4.69, 9.17) is 15.1 Å². The molecule has 3 atom stereocenters. The van der Waals surface area contributed by atoms with E-state index in [1.807, 2.05) is 0 Å². The molecule has 0 aromatic carbocycles. The van der Waals surface area contributed by atoms with Crippen LogP contribution in [0.2, 0.25) is 0 Å². The monoisotopic (exact) mass is 196 g/mol. The lowest BCUT2D eigenvalue weighted by atomic mass is 10.2. The third kappa shape index (κ3) is 3.34. The fourth-order valence-electron chi connectivity index (χ4n) is 0.623. The second kappa shape index (κ2) is 4.03. The van der Waals surface area contributed by atoms with Crippen molar-refractivity contribution >= 4 is 13.3 Å². The van der Waals surface area contributed by atoms with Crippen molar-refractivity contribution < 1.29 is 24.5 Å². The van der Waals surface area contributed by atoms with Crippen molar-refractivity contribution in [3.63, 3.8) is 0 Å². The van der Waals surface area contributed by atoms with Crippen LogP contribution in [-0.4, -0.2) is 33.1 Å². The Morgan fingerprint density at radius 2 is 1.92 bits per heavy atom. The van der Waals surface area contributed by atoms with Gasteiger partial charge in [0.1, 0.15) is 5.85 Å². The molecule has 72 valence electrons. The highest BCUT2D eigenvalue weighted by Crippen LogP contribution is 2.46. The lowest BCUT2D eigenvalue weighted by Gasteiger charge is -2.16. The number of carboxylic acid groups (broad SMARTS) is 1. The summed E-state index contributed by atoms with van der Waals surface area (Å²) < 4.78 is 11.1. The molecule has 0 aromatic heterocycles. The van der Waals surface area contributed by atoms with Crippen LogP contribution in [0, 0.1) is 5.92 Å². The number of aliphatic carboxylic acids is 1. The van der Waals surface area contributed by atoms with Gasteiger partial charge in [0.2, 0.25) is 7.37 Å². The Morgan fingerprint density at radius 3 is 2.17 bits per heavy atom. The number of aliphatic hydroxyl groups excluding tert-OH is 1. The van der Waals surface area contributed by atoms with E-state index in [-0.39, 0.29) is 6.16 Å². The molecule has 12 heavy (non-hydrogen) atoms. The van der Waals surface area contributed by atoms with Gasteiger partial charge < -0.3 is 15.1 Å². The minimum Gasteiger partial charge on any atom is -0.481 e. The van der Waals surface area contributed by atoms with Gasteiger partial charge in [-0.05, 0) is 6.92 Å². The third-order valence-electron chi connectivity index (χ3n) is 1.54. The number of hydrogen-bond donors (Lipinski definition) is 3. The van der Waals surface area contributed by atoms with Crippen LogP contribution in [0.1, 0.15) is 13.8 Å². The van der Waals surface area contributed by atoms with E-state index in [0.29, 0.717) is 0 Å². The van der Waals surface area contributed by atoms with Crippen molar-refractivity contribution in [2.45, 2.75) is 19.7 Å². The van der Waals surface area contributed by atoms with Gasteiger partial charge in [-0.2, -0.15) is 0 Å². The van der Waals surface area contributed by atoms with E-state index in [1.165, 1.54) is 13.8 Å². The summed E-state index contributed by atoms with van der Waals surface area (Å²) >= 11 is 0. The molecule has 6 heteroatoms. The van der Waals surface area contributed by atoms with Gasteiger partial charge in [-0.25, -0.2) is 0 Å². The van der Waals surface area contributed by atoms with Crippen molar-refractivity contribution in [3.8, 4) is 0 Å². The van der Waals surface area contributed by atoms with Crippen LogP contribution in [0.5, 0.6) is 0 Å². The second-order valence-corrected chi connectivity index (χ2v) is 5.43. The molecule has 0 heterocycles. The molecule has 0 aliphatic carbocycles. The van der Waals surface area contributed by atoms with Crippen LogP contribution in [0.25, 0.3) is 0 Å². The van der Waals surface area contributed by atoms with Crippen molar-refractivity contribution in [3.05, 3.63) is 0 Å². The second-order valence-electron chi connectivity index (χ2n) is 2.81. The van der Waals surface area contributed by atoms with E-state index in [0.717, 1.165) is 0 Å². The van der Waals surface area contributed by atoms with E-state index in [1.54, 1.807) is 0 Å². The average molecular weight is 196 g/mol. The maximum Gasteiger partial charge on any atom is 0.306 e. The van der Waals surface area contributed by atoms with Crippen LogP contribution in [0.4, 0.5) is 0 Å². The average Bonchev–Trinajstić information content (AvgIpc) is 1.85. The summed E-state index contributed by atoms with van der Waals surface area (Å²) in [5.41, 5.74) is 0. The standard InChI is InChI=1S/C6H13O5P/c1-4(6(8)9)3-12(10,11)5(2)7/h4-5,7H,3H2,1-2H3,(H,8,9)(H,10,11). The van der Waals surface area contributed by atoms with Gasteiger partial charge in [0.05, 0.1) is 5.92 Å². The molecule has 0 bridgehead atoms. The lowest BCUT2D eigenvalue weighted by molar-refractivity contribution is -0.140. The van der Waals surface area contributed by atoms with Crippen LogP contribution in [0.3, 0.4) is 0 Å². The zero-order valence-corrected chi connectivity index (χ0v) is 7.86. The number of hydrogen-bond acceptors (Lipinski definition) is 3. The first-order valence-corrected chi connectivity index (χ1v) is 5.41. The summed E-state index contributed by atoms with van der Waals surface area (Å²) in [6.45, 7) is 2.50. The predicted molar refractivity (Wildman–Crippen MR) is 43.2 cm³/mol. The first-order valence-electron chi connectivity index (χ1n) is 3.49. The smallest absolute Gasteiger partial charge is 0.306 e. The number of rotatable bonds is 4. The molecule has 0 aliphatic rings. The summed E-state index contributed by atoms with van der Waals surface area (Å²) in [6, 6.07) is 0. The minimum atomic E-state index is -3.70. The molecule has 0 rings (SSSR count). The third-order valence-corrected chi connectivity index (χ3v) is 3.78. The maximum absolute atomic E-state index is 11.1. The fraction of sp³-hybridized carbons (Fsp3) is 0.833. The molecule has 5 nitrogen and oxygen atoms in total. The van der Waals surface area contributed by atoms with Crippen molar-refractivity contribution in [2.75, 3.05) is 6.16 Å². The van der Waals surface area contributed by atoms with E-state index in [9.17, 15) is 9.36 Å². The Hall–Kier alpha value is -0.380. The molecule has 0 radical (unpaired) electrons. The van der Waals surface area contributed by atoms with Crippen LogP contribution < -0.4 is 0 Å². The molecule has 0 saturated heterocycles. The molecular formula is C6H13O5P. The van der Waals surface area contributed by atoms with E-state index >= 15 is 0 Å². The minimum absolute atomic E-state index is 0.389. The van der Waals surface area contributed by atoms with Crippen molar-refractivity contribution in [2.24, 2.45) is 5.92 Å². The fourth-order valence-corrected chi connectivity index (χ4v) is 1.87. The molecule has 3 N–H and O–H groups in total. The Balaban J connectivity index is 4.25. The number of aliphatic hydroxyl groups is 1. The predicted octanol–water partition coefficient (Wildman–Crippen LogP) is 0.316. The van der Waals surface area contributed by atoms with Gasteiger partial charge in [-0.3, -0.25) is 9.36 Å². The van der Waals surface area contributed by atoms with Gasteiger partial charge in [0.15, 0.2) is 0 Å². The summed E-state index contributed by atoms with van der Waals surface area (Å²) in [5.74, 6) is -3.40. The molecule has 0 spiro atoms. The van der Waals surface area contributed by atoms with Gasteiger partial charge in [-0.1, -0.05) is 6.92 Å². The highest BCUT2D eigenvalue weighted by molar-refractivity contribution is 7.58. The van der Waals surface area contributed by atoms with Crippen molar-refractivity contribution in [1.82, 2.24) is 0 Å². The topological polar surface area (TPSA) is 94.8 Å². The van der Waals surface area contributed by atoms with Gasteiger partial charge >= 0.3 is 5.97 Å². The maximum atomic E-state index is 11.1. The summed E-state index contributed by atoms with van der Waals surface area (Å²) in [4.78, 5) is 19.3. The zero-order chi connectivity index (χ0) is 9.94. The molecule has 0 amide bonds. The van der Waals surface area contributed by atoms with E-state index in [2.05, 4.69) is 0 Å². The Kier molecular flexibility index (Phi) is 3.90. The Morgan fingerprint density at radius 1 is 1.50 bits per heavy atom. The van der Waals surface area contributed by atoms with E-state index < -0.39 is 25.1 Å². The first kappa shape index (κ1) is 11.6. The molecule has 0 aromatic rings. The van der Waals surface area contributed by atoms with Crippen molar-refractivity contribution in [1.29, 1.82) is 0 Å². The first-order chi connectivity index (χ1) is 5.27. The molecule has 0 aliphatic heterocycles. The summed E-state index contributed by atoms with van der Waals surface area (Å²) in [5, 5.41) is 17.2. The van der Waals surface area contributed by atoms with Crippen LogP contribution >= 0.6 is 7.37 Å². The Labute approximate surface area is 70.5 Å². The van der Waals surface area contributed by atoms with Gasteiger partial charge in [-0.15, -0.1) is 0 Å². The summed E-state index contributed by atoms with van der Waals surface area (Å²) in [6.07, 6.45) is -0.389. The highest BCUT2D eigenvalue weighted by atomic mass is 31.2. The zero-order valence-electron chi connectivity index (χ0n) is 6.97. The normalized spacial score (nSPS) is 21.0. The Bertz CT molecular complexity index is 212. The molecule has 3 unspecified atom stereocenters. The SMILES string of the molecule is CC(CP(=O)(O)C(C)O)C(=O)O. The molecular weight excluding hydrogens is 183 g/mol. The largest absolute Gasteiger partial charge is 0.481 e. The van der Waals surface area contributed by atoms with Crippen LogP contribution in [0.15, 0.2) is 0 Å². The molecule has 0 fully saturated rings. The summed E-state index contributed by atoms with van der Waals surface area (Å²) in [7, 11) is -3.70. The van der Waals surface area contributed by atoms with Crippen LogP contribution in [-0.2, 0) is 9.36 Å². The lowest BCUT2D eigenvalue weighted by Crippen LogP contribution is -2.17.